The Hall–Kier alpha value is -2.29. The van der Waals surface area contributed by atoms with Gasteiger partial charge < -0.3 is 9.15 Å². The highest BCUT2D eigenvalue weighted by Crippen LogP contribution is 2.28. The molecule has 3 heterocycles. The minimum absolute atomic E-state index is 0.0652. The maximum absolute atomic E-state index is 11.8. The molecule has 1 N–H and O–H groups in total. The van der Waals surface area contributed by atoms with E-state index in [-0.39, 0.29) is 43.3 Å². The maximum atomic E-state index is 11.8. The zero-order chi connectivity index (χ0) is 14.8. The van der Waals surface area contributed by atoms with Crippen molar-refractivity contribution < 1.29 is 23.5 Å². The number of carbonyl (C=O) groups excluding carboxylic acids is 3. The van der Waals surface area contributed by atoms with E-state index in [1.165, 1.54) is 0 Å². The van der Waals surface area contributed by atoms with Crippen LogP contribution >= 0.6 is 0 Å². The molecule has 9 nitrogen and oxygen atoms in total. The molecule has 0 saturated carbocycles. The molecular weight excluding hydrogens is 280 g/mol. The van der Waals surface area contributed by atoms with Crippen LogP contribution in [-0.2, 0) is 19.1 Å². The third kappa shape index (κ3) is 2.92. The van der Waals surface area contributed by atoms with Crippen molar-refractivity contribution in [3.05, 3.63) is 5.89 Å². The number of imide groups is 1. The van der Waals surface area contributed by atoms with Crippen LogP contribution in [-0.4, -0.2) is 46.0 Å². The van der Waals surface area contributed by atoms with Gasteiger partial charge in [0.05, 0.1) is 0 Å². The Balaban J connectivity index is 1.57. The average Bonchev–Trinajstić information content (AvgIpc) is 3.16. The highest BCUT2D eigenvalue weighted by atomic mass is 16.5. The van der Waals surface area contributed by atoms with Crippen LogP contribution in [0.15, 0.2) is 4.42 Å². The van der Waals surface area contributed by atoms with Crippen molar-refractivity contribution >= 4 is 23.7 Å². The number of anilines is 1. The molecule has 3 rings (SSSR count). The molecule has 112 valence electrons. The third-order valence-electron chi connectivity index (χ3n) is 3.35. The van der Waals surface area contributed by atoms with Gasteiger partial charge in [-0.1, -0.05) is 5.10 Å². The van der Waals surface area contributed by atoms with Gasteiger partial charge in [0.15, 0.2) is 0 Å². The lowest BCUT2D eigenvalue weighted by Gasteiger charge is -2.11. The summed E-state index contributed by atoms with van der Waals surface area (Å²) in [7, 11) is 0. The molecule has 2 aliphatic heterocycles. The van der Waals surface area contributed by atoms with E-state index >= 15 is 0 Å². The van der Waals surface area contributed by atoms with Crippen molar-refractivity contribution in [3.8, 4) is 0 Å². The minimum Gasteiger partial charge on any atom is -0.405 e. The van der Waals surface area contributed by atoms with E-state index in [4.69, 9.17) is 9.15 Å². The number of carbonyl (C=O) groups is 3. The predicted octanol–water partition coefficient (Wildman–Crippen LogP) is 0.00860. The lowest BCUT2D eigenvalue weighted by atomic mass is 10.2. The van der Waals surface area contributed by atoms with E-state index < -0.39 is 5.91 Å². The van der Waals surface area contributed by atoms with Gasteiger partial charge in [-0.15, -0.1) is 5.10 Å². The van der Waals surface area contributed by atoms with E-state index in [1.54, 1.807) is 0 Å². The van der Waals surface area contributed by atoms with Crippen LogP contribution in [0.4, 0.5) is 6.01 Å². The molecule has 0 radical (unpaired) electrons. The van der Waals surface area contributed by atoms with Gasteiger partial charge in [0, 0.05) is 19.4 Å². The zero-order valence-electron chi connectivity index (χ0n) is 11.2. The topological polar surface area (TPSA) is 115 Å². The second-order valence-electron chi connectivity index (χ2n) is 4.87. The number of aromatic nitrogens is 2. The lowest BCUT2D eigenvalue weighted by molar-refractivity contribution is -0.141. The fourth-order valence-electron chi connectivity index (χ4n) is 2.29. The Kier molecular flexibility index (Phi) is 3.65. The smallest absolute Gasteiger partial charge is 0.322 e. The third-order valence-corrected chi connectivity index (χ3v) is 3.35. The SMILES string of the molecule is O=C(CN1C(=O)CCC1=O)Nc1nnc(C2CCCO2)o1. The molecule has 1 atom stereocenters. The summed E-state index contributed by atoms with van der Waals surface area (Å²) in [4.78, 5) is 35.5. The van der Waals surface area contributed by atoms with Crippen LogP contribution < -0.4 is 5.32 Å². The van der Waals surface area contributed by atoms with Gasteiger partial charge in [-0.05, 0) is 12.8 Å². The van der Waals surface area contributed by atoms with Gasteiger partial charge in [0.2, 0.25) is 23.6 Å². The molecule has 0 spiro atoms. The first-order valence-corrected chi connectivity index (χ1v) is 6.71. The summed E-state index contributed by atoms with van der Waals surface area (Å²) in [5.74, 6) is -0.932. The van der Waals surface area contributed by atoms with Crippen LogP contribution in [0.2, 0.25) is 0 Å². The van der Waals surface area contributed by atoms with Gasteiger partial charge in [-0.25, -0.2) is 0 Å². The Morgan fingerprint density at radius 2 is 2.05 bits per heavy atom. The molecule has 1 aromatic heterocycles. The van der Waals surface area contributed by atoms with Gasteiger partial charge in [-0.2, -0.15) is 0 Å². The molecule has 0 bridgehead atoms. The molecule has 1 aromatic rings. The Morgan fingerprint density at radius 3 is 2.71 bits per heavy atom. The quantitative estimate of drug-likeness (QED) is 0.778. The average molecular weight is 294 g/mol. The highest BCUT2D eigenvalue weighted by Gasteiger charge is 2.31. The second kappa shape index (κ2) is 5.60. The molecular formula is C12H14N4O5. The Labute approximate surface area is 119 Å². The first-order chi connectivity index (χ1) is 10.1. The van der Waals surface area contributed by atoms with E-state index in [2.05, 4.69) is 15.5 Å². The number of hydrogen-bond donors (Lipinski definition) is 1. The molecule has 21 heavy (non-hydrogen) atoms. The molecule has 0 aliphatic carbocycles. The van der Waals surface area contributed by atoms with Crippen LogP contribution in [0.1, 0.15) is 37.7 Å². The van der Waals surface area contributed by atoms with Gasteiger partial charge in [0.25, 0.3) is 0 Å². The minimum atomic E-state index is -0.554. The van der Waals surface area contributed by atoms with Crippen LogP contribution in [0.25, 0.3) is 0 Å². The summed E-state index contributed by atoms with van der Waals surface area (Å²) in [6.07, 6.45) is 1.79. The number of nitrogens with one attached hydrogen (secondary N) is 1. The Morgan fingerprint density at radius 1 is 1.29 bits per heavy atom. The van der Waals surface area contributed by atoms with Crippen molar-refractivity contribution in [1.29, 1.82) is 0 Å². The second-order valence-corrected chi connectivity index (χ2v) is 4.87. The fraction of sp³-hybridized carbons (Fsp3) is 0.583. The molecule has 1 unspecified atom stereocenters. The summed E-state index contributed by atoms with van der Waals surface area (Å²) in [5.41, 5.74) is 0. The van der Waals surface area contributed by atoms with Gasteiger partial charge in [0.1, 0.15) is 12.6 Å². The van der Waals surface area contributed by atoms with Gasteiger partial charge >= 0.3 is 6.01 Å². The summed E-state index contributed by atoms with van der Waals surface area (Å²) >= 11 is 0. The monoisotopic (exact) mass is 294 g/mol. The first-order valence-electron chi connectivity index (χ1n) is 6.71. The van der Waals surface area contributed by atoms with Crippen molar-refractivity contribution in [3.63, 3.8) is 0 Å². The molecule has 2 aliphatic rings. The number of nitrogens with zero attached hydrogens (tertiary/aromatic N) is 3. The van der Waals surface area contributed by atoms with Crippen molar-refractivity contribution in [2.75, 3.05) is 18.5 Å². The van der Waals surface area contributed by atoms with Crippen LogP contribution in [0.3, 0.4) is 0 Å². The van der Waals surface area contributed by atoms with E-state index in [9.17, 15) is 14.4 Å². The van der Waals surface area contributed by atoms with E-state index in [1.807, 2.05) is 0 Å². The highest BCUT2D eigenvalue weighted by molar-refractivity contribution is 6.05. The lowest BCUT2D eigenvalue weighted by Crippen LogP contribution is -2.36. The number of rotatable bonds is 4. The summed E-state index contributed by atoms with van der Waals surface area (Å²) in [6, 6.07) is -0.0652. The zero-order valence-corrected chi connectivity index (χ0v) is 11.2. The van der Waals surface area contributed by atoms with Crippen LogP contribution in [0, 0.1) is 0 Å². The molecule has 9 heteroatoms. The van der Waals surface area contributed by atoms with Crippen molar-refractivity contribution in [1.82, 2.24) is 15.1 Å². The van der Waals surface area contributed by atoms with E-state index in [0.717, 1.165) is 17.7 Å². The largest absolute Gasteiger partial charge is 0.405 e. The number of amides is 3. The normalized spacial score (nSPS) is 22.1. The van der Waals surface area contributed by atoms with Crippen molar-refractivity contribution in [2.24, 2.45) is 0 Å². The van der Waals surface area contributed by atoms with Crippen LogP contribution in [0.5, 0.6) is 0 Å². The molecule has 0 aromatic carbocycles. The fourth-order valence-corrected chi connectivity index (χ4v) is 2.29. The molecule has 3 amide bonds. The van der Waals surface area contributed by atoms with E-state index in [0.29, 0.717) is 12.5 Å². The Bertz CT molecular complexity index is 562. The summed E-state index contributed by atoms with van der Waals surface area (Å²) in [6.45, 7) is 0.309. The summed E-state index contributed by atoms with van der Waals surface area (Å²) in [5, 5.41) is 9.88. The van der Waals surface area contributed by atoms with Gasteiger partial charge in [-0.3, -0.25) is 24.6 Å². The maximum Gasteiger partial charge on any atom is 0.322 e. The number of likely N-dealkylation sites (tertiary alicyclic amines) is 1. The number of ether oxygens (including phenoxy) is 1. The summed E-state index contributed by atoms with van der Waals surface area (Å²) < 4.78 is 10.7. The standard InChI is InChI=1S/C12H14N4O5/c17-8(6-16-9(18)3-4-10(16)19)13-12-15-14-11(21-12)7-2-1-5-20-7/h7H,1-6H2,(H,13,15,17). The predicted molar refractivity (Wildman–Crippen MR) is 66.8 cm³/mol. The first kappa shape index (κ1) is 13.7. The molecule has 2 fully saturated rings. The number of hydrogen-bond acceptors (Lipinski definition) is 7. The molecule has 2 saturated heterocycles. The van der Waals surface area contributed by atoms with Crippen molar-refractivity contribution in [2.45, 2.75) is 31.8 Å².